The molecule has 1 aromatic carbocycles. The molecular weight excluding hydrogens is 366 g/mol. The van der Waals surface area contributed by atoms with Crippen LogP contribution >= 0.6 is 23.1 Å². The topological polar surface area (TPSA) is 76.5 Å². The number of thioether (sulfide) groups is 1. The number of H-pyrrole nitrogens is 1. The van der Waals surface area contributed by atoms with E-state index in [4.69, 9.17) is 0 Å². The Balaban J connectivity index is 1.57. The third-order valence-corrected chi connectivity index (χ3v) is 6.11. The minimum absolute atomic E-state index is 0.0793. The number of nitrogens with zero attached hydrogens (tertiary/aromatic N) is 4. The first-order valence-electron chi connectivity index (χ1n) is 8.20. The van der Waals surface area contributed by atoms with Gasteiger partial charge in [0, 0.05) is 27.0 Å². The molecule has 4 aromatic rings. The van der Waals surface area contributed by atoms with Crippen LogP contribution in [-0.2, 0) is 6.54 Å². The van der Waals surface area contributed by atoms with Gasteiger partial charge in [-0.2, -0.15) is 0 Å². The maximum absolute atomic E-state index is 13.1. The van der Waals surface area contributed by atoms with Crippen molar-refractivity contribution in [2.24, 2.45) is 0 Å². The summed E-state index contributed by atoms with van der Waals surface area (Å²) in [6, 6.07) is 11.9. The number of carbonyl (C=O) groups excluding carboxylic acids is 1. The number of aromatic nitrogens is 5. The molecule has 132 valence electrons. The van der Waals surface area contributed by atoms with Crippen LogP contribution in [0.25, 0.3) is 10.9 Å². The van der Waals surface area contributed by atoms with Crippen molar-refractivity contribution < 1.29 is 4.79 Å². The lowest BCUT2D eigenvalue weighted by Crippen LogP contribution is -2.16. The van der Waals surface area contributed by atoms with Crippen molar-refractivity contribution in [2.45, 2.75) is 30.8 Å². The van der Waals surface area contributed by atoms with Crippen molar-refractivity contribution in [1.82, 2.24) is 25.2 Å². The van der Waals surface area contributed by atoms with Gasteiger partial charge < -0.3 is 4.98 Å². The second-order valence-corrected chi connectivity index (χ2v) is 8.33. The minimum atomic E-state index is -0.291. The molecule has 0 unspecified atom stereocenters. The van der Waals surface area contributed by atoms with E-state index in [1.807, 2.05) is 55.6 Å². The molecule has 0 saturated heterocycles. The van der Waals surface area contributed by atoms with E-state index < -0.39 is 0 Å². The molecule has 26 heavy (non-hydrogen) atoms. The zero-order chi connectivity index (χ0) is 18.1. The fraction of sp³-hybridized carbons (Fsp3) is 0.222. The summed E-state index contributed by atoms with van der Waals surface area (Å²) in [5.74, 6) is 0.0793. The number of aryl methyl sites for hydroxylation is 1. The molecule has 0 spiro atoms. The van der Waals surface area contributed by atoms with Crippen LogP contribution in [0.4, 0.5) is 0 Å². The van der Waals surface area contributed by atoms with Gasteiger partial charge in [0.1, 0.15) is 0 Å². The van der Waals surface area contributed by atoms with E-state index in [9.17, 15) is 4.79 Å². The van der Waals surface area contributed by atoms with Gasteiger partial charge in [-0.1, -0.05) is 36.0 Å². The van der Waals surface area contributed by atoms with Gasteiger partial charge in [-0.05, 0) is 41.8 Å². The van der Waals surface area contributed by atoms with E-state index >= 15 is 0 Å². The van der Waals surface area contributed by atoms with Gasteiger partial charge in [-0.25, -0.2) is 4.68 Å². The van der Waals surface area contributed by atoms with E-state index in [1.165, 1.54) is 16.6 Å². The van der Waals surface area contributed by atoms with Gasteiger partial charge in [0.2, 0.25) is 5.16 Å². The summed E-state index contributed by atoms with van der Waals surface area (Å²) in [5, 5.41) is 15.3. The lowest BCUT2D eigenvalue weighted by Gasteiger charge is -2.10. The molecule has 0 aliphatic carbocycles. The molecule has 0 aliphatic heterocycles. The number of aromatic amines is 1. The molecule has 0 amide bonds. The molecule has 0 aliphatic rings. The Hall–Kier alpha value is -2.45. The maximum Gasteiger partial charge on any atom is 0.210 e. The van der Waals surface area contributed by atoms with Crippen molar-refractivity contribution in [3.8, 4) is 0 Å². The number of para-hydroxylation sites is 1. The molecule has 3 aromatic heterocycles. The number of hydrogen-bond acceptors (Lipinski definition) is 6. The monoisotopic (exact) mass is 383 g/mol. The molecule has 8 heteroatoms. The van der Waals surface area contributed by atoms with Crippen LogP contribution in [0, 0.1) is 6.92 Å². The summed E-state index contributed by atoms with van der Waals surface area (Å²) >= 11 is 3.05. The van der Waals surface area contributed by atoms with Crippen molar-refractivity contribution in [1.29, 1.82) is 0 Å². The van der Waals surface area contributed by atoms with Gasteiger partial charge in [-0.3, -0.25) is 4.79 Å². The number of thiophene rings is 1. The summed E-state index contributed by atoms with van der Waals surface area (Å²) in [6.45, 7) is 4.45. The average molecular weight is 384 g/mol. The van der Waals surface area contributed by atoms with Crippen LogP contribution in [0.2, 0.25) is 0 Å². The van der Waals surface area contributed by atoms with Gasteiger partial charge in [-0.15, -0.1) is 16.4 Å². The smallest absolute Gasteiger partial charge is 0.210 e. The van der Waals surface area contributed by atoms with Gasteiger partial charge in [0.25, 0.3) is 0 Å². The van der Waals surface area contributed by atoms with Crippen LogP contribution in [-0.4, -0.2) is 36.2 Å². The van der Waals surface area contributed by atoms with Gasteiger partial charge in [0.15, 0.2) is 5.78 Å². The van der Waals surface area contributed by atoms with Gasteiger partial charge in [0.05, 0.1) is 11.8 Å². The predicted molar refractivity (Wildman–Crippen MR) is 104 cm³/mol. The molecule has 1 atom stereocenters. The predicted octanol–water partition coefficient (Wildman–Crippen LogP) is 3.94. The Kier molecular flexibility index (Phi) is 4.60. The first-order chi connectivity index (χ1) is 12.6. The van der Waals surface area contributed by atoms with E-state index in [0.29, 0.717) is 11.7 Å². The lowest BCUT2D eigenvalue weighted by atomic mass is 10.1. The van der Waals surface area contributed by atoms with Crippen LogP contribution < -0.4 is 0 Å². The average Bonchev–Trinajstić information content (AvgIpc) is 3.35. The SMILES string of the molecule is Cc1[nH]c2ccccc2c1C(=O)[C@H](C)Sc1nnnn1Cc1cccs1. The normalized spacial score (nSPS) is 12.5. The van der Waals surface area contributed by atoms with E-state index in [0.717, 1.165) is 22.2 Å². The number of rotatable bonds is 6. The summed E-state index contributed by atoms with van der Waals surface area (Å²) in [6.07, 6.45) is 0. The fourth-order valence-corrected chi connectivity index (χ4v) is 4.47. The number of tetrazole rings is 1. The molecule has 0 radical (unpaired) electrons. The molecule has 1 N–H and O–H groups in total. The first-order valence-corrected chi connectivity index (χ1v) is 9.96. The van der Waals surface area contributed by atoms with Crippen LogP contribution in [0.15, 0.2) is 46.9 Å². The maximum atomic E-state index is 13.1. The number of fused-ring (bicyclic) bond motifs is 1. The molecular formula is C18H17N5OS2. The largest absolute Gasteiger partial charge is 0.358 e. The highest BCUT2D eigenvalue weighted by Crippen LogP contribution is 2.29. The quantitative estimate of drug-likeness (QED) is 0.403. The molecule has 0 saturated carbocycles. The molecule has 0 bridgehead atoms. The second kappa shape index (κ2) is 7.05. The van der Waals surface area contributed by atoms with E-state index in [1.54, 1.807) is 16.0 Å². The van der Waals surface area contributed by atoms with E-state index in [2.05, 4.69) is 20.5 Å². The Morgan fingerprint density at radius 3 is 2.96 bits per heavy atom. The number of Topliss-reactive ketones (excluding diaryl/α,β-unsaturated/α-hetero) is 1. The Morgan fingerprint density at radius 1 is 1.31 bits per heavy atom. The number of hydrogen-bond donors (Lipinski definition) is 1. The van der Waals surface area contributed by atoms with Crippen LogP contribution in [0.3, 0.4) is 0 Å². The Bertz CT molecular complexity index is 1050. The third-order valence-electron chi connectivity index (χ3n) is 4.18. The standard InChI is InChI=1S/C18H17N5OS2/c1-11-16(14-7-3-4-8-15(14)19-11)17(24)12(2)26-18-20-21-22-23(18)10-13-6-5-9-25-13/h3-9,12,19H,10H2,1-2H3/t12-/m0/s1. The van der Waals surface area contributed by atoms with Crippen molar-refractivity contribution in [2.75, 3.05) is 0 Å². The number of carbonyl (C=O) groups is 1. The van der Waals surface area contributed by atoms with Crippen LogP contribution in [0.1, 0.15) is 27.9 Å². The molecule has 6 nitrogen and oxygen atoms in total. The highest BCUT2D eigenvalue weighted by molar-refractivity contribution is 8.00. The Morgan fingerprint density at radius 2 is 2.15 bits per heavy atom. The lowest BCUT2D eigenvalue weighted by molar-refractivity contribution is 0.0995. The summed E-state index contributed by atoms with van der Waals surface area (Å²) in [7, 11) is 0. The summed E-state index contributed by atoms with van der Waals surface area (Å²) in [5.41, 5.74) is 2.62. The van der Waals surface area contributed by atoms with Crippen molar-refractivity contribution >= 4 is 39.8 Å². The summed E-state index contributed by atoms with van der Waals surface area (Å²) in [4.78, 5) is 17.5. The zero-order valence-corrected chi connectivity index (χ0v) is 16.0. The zero-order valence-electron chi connectivity index (χ0n) is 14.3. The second-order valence-electron chi connectivity index (χ2n) is 5.99. The molecule has 3 heterocycles. The number of nitrogens with one attached hydrogen (secondary N) is 1. The molecule has 4 rings (SSSR count). The summed E-state index contributed by atoms with van der Waals surface area (Å²) < 4.78 is 1.74. The van der Waals surface area contributed by atoms with Crippen molar-refractivity contribution in [3.05, 3.63) is 57.9 Å². The molecule has 0 fully saturated rings. The fourth-order valence-electron chi connectivity index (χ4n) is 2.94. The van der Waals surface area contributed by atoms with Crippen molar-refractivity contribution in [3.63, 3.8) is 0 Å². The Labute approximate surface area is 158 Å². The number of benzene rings is 1. The first kappa shape index (κ1) is 17.0. The highest BCUT2D eigenvalue weighted by Gasteiger charge is 2.24. The highest BCUT2D eigenvalue weighted by atomic mass is 32.2. The third kappa shape index (κ3) is 3.17. The van der Waals surface area contributed by atoms with Crippen LogP contribution in [0.5, 0.6) is 0 Å². The minimum Gasteiger partial charge on any atom is -0.358 e. The van der Waals surface area contributed by atoms with Gasteiger partial charge >= 0.3 is 0 Å². The number of ketones is 1. The van der Waals surface area contributed by atoms with E-state index in [-0.39, 0.29) is 11.0 Å².